The van der Waals surface area contributed by atoms with Gasteiger partial charge < -0.3 is 20.1 Å². The largest absolute Gasteiger partial charge is 0.352 e. The van der Waals surface area contributed by atoms with Gasteiger partial charge in [-0.25, -0.2) is 9.97 Å². The number of fused-ring (bicyclic) bond motifs is 1. The average molecular weight is 435 g/mol. The van der Waals surface area contributed by atoms with Crippen LogP contribution in [0.25, 0.3) is 22.3 Å². The fourth-order valence-corrected chi connectivity index (χ4v) is 4.45. The maximum absolute atomic E-state index is 12.1. The number of pyridine rings is 2. The molecule has 0 unspecified atom stereocenters. The molecule has 1 aliphatic heterocycles. The van der Waals surface area contributed by atoms with Crippen molar-refractivity contribution in [2.75, 3.05) is 23.3 Å². The number of aromatic amines is 1. The lowest BCUT2D eigenvalue weighted by atomic mass is 10.1. The fourth-order valence-electron chi connectivity index (χ4n) is 4.45. The van der Waals surface area contributed by atoms with Crippen LogP contribution in [0, 0.1) is 5.92 Å². The van der Waals surface area contributed by atoms with Crippen molar-refractivity contribution in [3.05, 3.63) is 36.7 Å². The standard InChI is InChI=1S/C24H30N6O2/c1-14(2)24(32)27-18-9-19-20(11-26-23(19)25-10-18)21-7-6-8-22(28-21)29-12-15(3)30(17(5)31)16(4)13-29/h6-11,14-16H,12-13H2,1-5H3,(H,25,26)(H,27,32)/t15-,16+. The molecule has 2 N–H and O–H groups in total. The van der Waals surface area contributed by atoms with Crippen molar-refractivity contribution in [1.82, 2.24) is 19.9 Å². The van der Waals surface area contributed by atoms with E-state index in [2.05, 4.69) is 34.0 Å². The Kier molecular flexibility index (Phi) is 5.86. The molecule has 0 aromatic carbocycles. The van der Waals surface area contributed by atoms with Crippen LogP contribution >= 0.6 is 0 Å². The third-order valence-electron chi connectivity index (χ3n) is 5.94. The number of hydrogen-bond acceptors (Lipinski definition) is 5. The Labute approximate surface area is 188 Å². The number of nitrogens with zero attached hydrogens (tertiary/aromatic N) is 4. The van der Waals surface area contributed by atoms with Crippen molar-refractivity contribution < 1.29 is 9.59 Å². The van der Waals surface area contributed by atoms with Gasteiger partial charge in [-0.2, -0.15) is 0 Å². The third-order valence-corrected chi connectivity index (χ3v) is 5.94. The summed E-state index contributed by atoms with van der Waals surface area (Å²) in [6.45, 7) is 11.0. The van der Waals surface area contributed by atoms with Gasteiger partial charge in [0.2, 0.25) is 11.8 Å². The molecule has 168 valence electrons. The predicted octanol–water partition coefficient (Wildman–Crippen LogP) is 3.66. The molecule has 0 bridgehead atoms. The molecule has 8 nitrogen and oxygen atoms in total. The van der Waals surface area contributed by atoms with E-state index in [1.54, 1.807) is 13.1 Å². The van der Waals surface area contributed by atoms with Crippen molar-refractivity contribution in [2.24, 2.45) is 5.92 Å². The first-order valence-electron chi connectivity index (χ1n) is 11.0. The molecule has 1 aliphatic rings. The number of anilines is 2. The van der Waals surface area contributed by atoms with E-state index >= 15 is 0 Å². The van der Waals surface area contributed by atoms with E-state index in [1.807, 2.05) is 49.2 Å². The molecular formula is C24H30N6O2. The van der Waals surface area contributed by atoms with E-state index in [4.69, 9.17) is 4.98 Å². The number of rotatable bonds is 4. The van der Waals surface area contributed by atoms with Crippen LogP contribution in [0.5, 0.6) is 0 Å². The number of H-pyrrole nitrogens is 1. The van der Waals surface area contributed by atoms with Gasteiger partial charge in [-0.15, -0.1) is 0 Å². The van der Waals surface area contributed by atoms with Crippen molar-refractivity contribution in [1.29, 1.82) is 0 Å². The quantitative estimate of drug-likeness (QED) is 0.653. The summed E-state index contributed by atoms with van der Waals surface area (Å²) in [5, 5.41) is 3.81. The van der Waals surface area contributed by atoms with E-state index in [-0.39, 0.29) is 29.8 Å². The van der Waals surface area contributed by atoms with Crippen LogP contribution in [-0.4, -0.2) is 56.8 Å². The van der Waals surface area contributed by atoms with Crippen LogP contribution in [0.4, 0.5) is 11.5 Å². The summed E-state index contributed by atoms with van der Waals surface area (Å²) < 4.78 is 0. The topological polar surface area (TPSA) is 94.2 Å². The smallest absolute Gasteiger partial charge is 0.226 e. The highest BCUT2D eigenvalue weighted by atomic mass is 16.2. The molecule has 2 atom stereocenters. The first-order chi connectivity index (χ1) is 15.2. The molecule has 1 fully saturated rings. The summed E-state index contributed by atoms with van der Waals surface area (Å²) in [5.74, 6) is 0.841. The van der Waals surface area contributed by atoms with Crippen molar-refractivity contribution in [3.8, 4) is 11.3 Å². The Morgan fingerprint density at radius 3 is 2.56 bits per heavy atom. The SMILES string of the molecule is CC(=O)N1[C@H](C)CN(c2cccc(-c3c[nH]c4ncc(NC(=O)C(C)C)cc34)n2)C[C@@H]1C. The Morgan fingerprint density at radius 2 is 1.91 bits per heavy atom. The lowest BCUT2D eigenvalue weighted by Crippen LogP contribution is -2.58. The predicted molar refractivity (Wildman–Crippen MR) is 126 cm³/mol. The number of amides is 2. The molecular weight excluding hydrogens is 404 g/mol. The Bertz CT molecular complexity index is 1140. The molecule has 32 heavy (non-hydrogen) atoms. The maximum atomic E-state index is 12.1. The maximum Gasteiger partial charge on any atom is 0.226 e. The Balaban J connectivity index is 1.63. The van der Waals surface area contributed by atoms with E-state index in [0.29, 0.717) is 5.69 Å². The molecule has 3 aromatic rings. The van der Waals surface area contributed by atoms with Crippen LogP contribution in [0.3, 0.4) is 0 Å². The summed E-state index contributed by atoms with van der Waals surface area (Å²) in [6.07, 6.45) is 3.56. The van der Waals surface area contributed by atoms with Gasteiger partial charge in [0.25, 0.3) is 0 Å². The first-order valence-corrected chi connectivity index (χ1v) is 11.0. The Hall–Kier alpha value is -3.42. The molecule has 2 amide bonds. The highest BCUT2D eigenvalue weighted by molar-refractivity contribution is 5.98. The Morgan fingerprint density at radius 1 is 1.19 bits per heavy atom. The van der Waals surface area contributed by atoms with Gasteiger partial charge in [-0.05, 0) is 32.0 Å². The monoisotopic (exact) mass is 434 g/mol. The van der Waals surface area contributed by atoms with Gasteiger partial charge in [0.1, 0.15) is 11.5 Å². The summed E-state index contributed by atoms with van der Waals surface area (Å²) in [7, 11) is 0. The van der Waals surface area contributed by atoms with Crippen LogP contribution in [-0.2, 0) is 9.59 Å². The normalized spacial score (nSPS) is 18.9. The van der Waals surface area contributed by atoms with Crippen LogP contribution in [0.1, 0.15) is 34.6 Å². The summed E-state index contributed by atoms with van der Waals surface area (Å²) >= 11 is 0. The van der Waals surface area contributed by atoms with E-state index in [1.165, 1.54) is 0 Å². The second kappa shape index (κ2) is 8.61. The molecule has 4 heterocycles. The van der Waals surface area contributed by atoms with Gasteiger partial charge in [0, 0.05) is 55.2 Å². The summed E-state index contributed by atoms with van der Waals surface area (Å²) in [5.41, 5.74) is 3.17. The fraction of sp³-hybridized carbons (Fsp3) is 0.417. The highest BCUT2D eigenvalue weighted by Gasteiger charge is 2.31. The number of nitrogens with one attached hydrogen (secondary N) is 2. The minimum absolute atomic E-state index is 0.0451. The number of piperazine rings is 1. The molecule has 0 aliphatic carbocycles. The molecule has 0 spiro atoms. The minimum Gasteiger partial charge on any atom is -0.352 e. The van der Waals surface area contributed by atoms with Crippen molar-refractivity contribution in [3.63, 3.8) is 0 Å². The molecule has 0 radical (unpaired) electrons. The summed E-state index contributed by atoms with van der Waals surface area (Å²) in [4.78, 5) is 40.8. The number of hydrogen-bond donors (Lipinski definition) is 2. The zero-order valence-corrected chi connectivity index (χ0v) is 19.2. The number of carbonyl (C=O) groups is 2. The lowest BCUT2D eigenvalue weighted by molar-refractivity contribution is -0.133. The third kappa shape index (κ3) is 4.17. The second-order valence-electron chi connectivity index (χ2n) is 8.88. The number of aromatic nitrogens is 3. The lowest BCUT2D eigenvalue weighted by Gasteiger charge is -2.44. The van der Waals surface area contributed by atoms with E-state index in [0.717, 1.165) is 41.2 Å². The average Bonchev–Trinajstić information content (AvgIpc) is 3.16. The molecule has 0 saturated carbocycles. The molecule has 8 heteroatoms. The molecule has 3 aromatic heterocycles. The van der Waals surface area contributed by atoms with E-state index in [9.17, 15) is 9.59 Å². The summed E-state index contributed by atoms with van der Waals surface area (Å²) in [6, 6.07) is 8.15. The minimum atomic E-state index is -0.108. The van der Waals surface area contributed by atoms with Crippen LogP contribution in [0.15, 0.2) is 36.7 Å². The zero-order chi connectivity index (χ0) is 23.0. The van der Waals surface area contributed by atoms with Crippen LogP contribution < -0.4 is 10.2 Å². The van der Waals surface area contributed by atoms with Gasteiger partial charge in [0.05, 0.1) is 17.6 Å². The van der Waals surface area contributed by atoms with Crippen molar-refractivity contribution in [2.45, 2.75) is 46.7 Å². The molecule has 1 saturated heterocycles. The second-order valence-corrected chi connectivity index (χ2v) is 8.88. The van der Waals surface area contributed by atoms with Crippen molar-refractivity contribution >= 4 is 34.4 Å². The van der Waals surface area contributed by atoms with Gasteiger partial charge in [-0.1, -0.05) is 19.9 Å². The van der Waals surface area contributed by atoms with Crippen LogP contribution in [0.2, 0.25) is 0 Å². The van der Waals surface area contributed by atoms with Gasteiger partial charge >= 0.3 is 0 Å². The first kappa shape index (κ1) is 21.8. The highest BCUT2D eigenvalue weighted by Crippen LogP contribution is 2.30. The van der Waals surface area contributed by atoms with Gasteiger partial charge in [-0.3, -0.25) is 9.59 Å². The van der Waals surface area contributed by atoms with Gasteiger partial charge in [0.15, 0.2) is 0 Å². The number of carbonyl (C=O) groups excluding carboxylic acids is 2. The molecule has 4 rings (SSSR count). The van der Waals surface area contributed by atoms with E-state index < -0.39 is 0 Å². The zero-order valence-electron chi connectivity index (χ0n) is 19.2.